The van der Waals surface area contributed by atoms with Gasteiger partial charge in [0.1, 0.15) is 5.56 Å². The minimum atomic E-state index is -4.03. The van der Waals surface area contributed by atoms with Crippen LogP contribution in [0.1, 0.15) is 16.1 Å². The number of carbonyl (C=O) groups is 1. The van der Waals surface area contributed by atoms with Gasteiger partial charge in [0.25, 0.3) is 10.0 Å². The minimum absolute atomic E-state index is 0.0856. The number of aromatic carboxylic acids is 1. The maximum Gasteiger partial charge on any atom is 0.340 e. The monoisotopic (exact) mass is 319 g/mol. The van der Waals surface area contributed by atoms with Gasteiger partial charge in [-0.05, 0) is 6.92 Å². The summed E-state index contributed by atoms with van der Waals surface area (Å²) in [6, 6.07) is 0. The van der Waals surface area contributed by atoms with Gasteiger partial charge in [-0.15, -0.1) is 0 Å². The summed E-state index contributed by atoms with van der Waals surface area (Å²) in [5.41, 5.74) is -0.156. The van der Waals surface area contributed by atoms with E-state index < -0.39 is 33.2 Å². The first kappa shape index (κ1) is 15.9. The zero-order valence-electron chi connectivity index (χ0n) is 11.9. The number of sulfonamides is 1. The second kappa shape index (κ2) is 5.72. The lowest BCUT2D eigenvalue weighted by molar-refractivity contribution is -0.00461. The van der Waals surface area contributed by atoms with Gasteiger partial charge >= 0.3 is 5.97 Å². The van der Waals surface area contributed by atoms with Gasteiger partial charge in [-0.25, -0.2) is 13.2 Å². The summed E-state index contributed by atoms with van der Waals surface area (Å²) in [5.74, 6) is -1.34. The third-order valence-corrected chi connectivity index (χ3v) is 5.26. The van der Waals surface area contributed by atoms with Crippen LogP contribution >= 0.6 is 0 Å². The Hall–Kier alpha value is -1.49. The average molecular weight is 319 g/mol. The van der Waals surface area contributed by atoms with Gasteiger partial charge in [0.2, 0.25) is 5.03 Å². The van der Waals surface area contributed by atoms with Crippen LogP contribution in [0.2, 0.25) is 0 Å². The van der Waals surface area contributed by atoms with Crippen molar-refractivity contribution < 1.29 is 27.8 Å². The van der Waals surface area contributed by atoms with Gasteiger partial charge in [0, 0.05) is 33.0 Å². The average Bonchev–Trinajstić information content (AvgIpc) is 3.01. The number of H-pyrrole nitrogens is 1. The van der Waals surface area contributed by atoms with Crippen LogP contribution in [0.5, 0.6) is 0 Å². The molecule has 1 aromatic rings. The first-order valence-corrected chi connectivity index (χ1v) is 7.61. The van der Waals surface area contributed by atoms with Crippen LogP contribution in [-0.2, 0) is 19.5 Å². The number of aromatic amines is 1. The highest BCUT2D eigenvalue weighted by Crippen LogP contribution is 2.26. The van der Waals surface area contributed by atoms with Crippen molar-refractivity contribution in [3.8, 4) is 0 Å². The van der Waals surface area contributed by atoms with E-state index >= 15 is 0 Å². The normalized spacial score (nSPS) is 23.6. The molecule has 21 heavy (non-hydrogen) atoms. The molecule has 10 heteroatoms. The van der Waals surface area contributed by atoms with Crippen LogP contribution in [0.25, 0.3) is 0 Å². The van der Waals surface area contributed by atoms with Crippen LogP contribution < -0.4 is 0 Å². The number of nitrogens with one attached hydrogen (secondary N) is 1. The molecule has 1 aliphatic rings. The maximum atomic E-state index is 12.6. The molecule has 1 aliphatic heterocycles. The lowest BCUT2D eigenvalue weighted by Crippen LogP contribution is -2.31. The van der Waals surface area contributed by atoms with Gasteiger partial charge in [0.05, 0.1) is 12.2 Å². The van der Waals surface area contributed by atoms with Crippen LogP contribution in [0.4, 0.5) is 0 Å². The fourth-order valence-corrected chi connectivity index (χ4v) is 3.92. The molecule has 2 atom stereocenters. The highest BCUT2D eigenvalue weighted by atomic mass is 32.2. The Bertz CT molecular complexity index is 628. The summed E-state index contributed by atoms with van der Waals surface area (Å²) in [6.45, 7) is 1.62. The van der Waals surface area contributed by atoms with Gasteiger partial charge in [-0.3, -0.25) is 5.10 Å². The molecule has 0 spiro atoms. The molecule has 0 radical (unpaired) electrons. The number of aryl methyl sites for hydroxylation is 1. The zero-order chi connectivity index (χ0) is 15.8. The van der Waals surface area contributed by atoms with Crippen molar-refractivity contribution in [2.24, 2.45) is 0 Å². The standard InChI is InChI=1S/C11H17N3O6S/c1-6-9(11(15)16)10(13-12-6)21(17,18)14-4-7(19-2)8(5-14)20-3/h7-8H,4-5H2,1-3H3,(H,12,13)(H,15,16). The number of carboxylic acids is 1. The lowest BCUT2D eigenvalue weighted by atomic mass is 10.3. The van der Waals surface area contributed by atoms with Crippen molar-refractivity contribution in [3.05, 3.63) is 11.3 Å². The van der Waals surface area contributed by atoms with Crippen molar-refractivity contribution >= 4 is 16.0 Å². The van der Waals surface area contributed by atoms with E-state index in [1.54, 1.807) is 0 Å². The predicted octanol–water partition coefficient (Wildman–Crippen LogP) is -0.549. The Balaban J connectivity index is 2.38. The molecule has 2 rings (SSSR count). The summed E-state index contributed by atoms with van der Waals surface area (Å²) in [4.78, 5) is 11.2. The van der Waals surface area contributed by atoms with E-state index in [0.717, 1.165) is 4.31 Å². The summed E-state index contributed by atoms with van der Waals surface area (Å²) in [5, 5.41) is 14.7. The zero-order valence-corrected chi connectivity index (χ0v) is 12.7. The van der Waals surface area contributed by atoms with Gasteiger partial charge < -0.3 is 14.6 Å². The first-order chi connectivity index (χ1) is 9.82. The number of ether oxygens (including phenoxy) is 2. The van der Waals surface area contributed by atoms with Crippen molar-refractivity contribution in [1.82, 2.24) is 14.5 Å². The van der Waals surface area contributed by atoms with E-state index in [2.05, 4.69) is 10.2 Å². The Morgan fingerprint density at radius 2 is 1.86 bits per heavy atom. The van der Waals surface area contributed by atoms with Crippen molar-refractivity contribution in [2.45, 2.75) is 24.2 Å². The number of hydrogen-bond donors (Lipinski definition) is 2. The van der Waals surface area contributed by atoms with Gasteiger partial charge in [-0.2, -0.15) is 9.40 Å². The summed E-state index contributed by atoms with van der Waals surface area (Å²) >= 11 is 0. The number of rotatable bonds is 5. The van der Waals surface area contributed by atoms with E-state index in [1.165, 1.54) is 21.1 Å². The predicted molar refractivity (Wildman–Crippen MR) is 70.6 cm³/mol. The van der Waals surface area contributed by atoms with Crippen molar-refractivity contribution in [2.75, 3.05) is 27.3 Å². The molecule has 0 amide bonds. The molecule has 0 aromatic carbocycles. The molecule has 1 aromatic heterocycles. The summed E-state index contributed by atoms with van der Waals surface area (Å²) in [6.07, 6.45) is -0.809. The Kier molecular flexibility index (Phi) is 4.33. The Labute approximate surface area is 121 Å². The van der Waals surface area contributed by atoms with Crippen molar-refractivity contribution in [1.29, 1.82) is 0 Å². The van der Waals surface area contributed by atoms with Crippen LogP contribution in [0, 0.1) is 6.92 Å². The number of aromatic nitrogens is 2. The third kappa shape index (κ3) is 2.67. The summed E-state index contributed by atoms with van der Waals surface area (Å²) < 4.78 is 36.6. The molecule has 2 heterocycles. The largest absolute Gasteiger partial charge is 0.478 e. The van der Waals surface area contributed by atoms with E-state index in [0.29, 0.717) is 0 Å². The smallest absolute Gasteiger partial charge is 0.340 e. The Morgan fingerprint density at radius 1 is 1.33 bits per heavy atom. The highest BCUT2D eigenvalue weighted by molar-refractivity contribution is 7.89. The maximum absolute atomic E-state index is 12.6. The number of carboxylic acid groups (broad SMARTS) is 1. The van der Waals surface area contributed by atoms with Crippen LogP contribution in [0.15, 0.2) is 5.03 Å². The van der Waals surface area contributed by atoms with Gasteiger partial charge in [-0.1, -0.05) is 0 Å². The number of methoxy groups -OCH3 is 2. The quantitative estimate of drug-likeness (QED) is 0.746. The topological polar surface area (TPSA) is 122 Å². The van der Waals surface area contributed by atoms with Crippen LogP contribution in [-0.4, -0.2) is 73.5 Å². The molecule has 9 nitrogen and oxygen atoms in total. The third-order valence-electron chi connectivity index (χ3n) is 3.50. The van der Waals surface area contributed by atoms with E-state index in [4.69, 9.17) is 14.6 Å². The Morgan fingerprint density at radius 3 is 2.29 bits per heavy atom. The van der Waals surface area contributed by atoms with E-state index in [1.807, 2.05) is 0 Å². The molecular formula is C11H17N3O6S. The van der Waals surface area contributed by atoms with E-state index in [9.17, 15) is 13.2 Å². The molecular weight excluding hydrogens is 302 g/mol. The fraction of sp³-hybridized carbons (Fsp3) is 0.636. The molecule has 0 aliphatic carbocycles. The van der Waals surface area contributed by atoms with E-state index in [-0.39, 0.29) is 24.3 Å². The number of hydrogen-bond acceptors (Lipinski definition) is 6. The molecule has 2 unspecified atom stereocenters. The molecule has 118 valence electrons. The highest BCUT2D eigenvalue weighted by Gasteiger charge is 2.42. The SMILES string of the molecule is COC1CN(S(=O)(=O)c2n[nH]c(C)c2C(=O)O)CC1OC. The van der Waals surface area contributed by atoms with Crippen LogP contribution in [0.3, 0.4) is 0 Å². The lowest BCUT2D eigenvalue weighted by Gasteiger charge is -2.14. The molecule has 0 bridgehead atoms. The summed E-state index contributed by atoms with van der Waals surface area (Å²) in [7, 11) is -1.10. The molecule has 1 fully saturated rings. The molecule has 2 N–H and O–H groups in total. The van der Waals surface area contributed by atoms with Crippen molar-refractivity contribution in [3.63, 3.8) is 0 Å². The molecule has 0 saturated carbocycles. The number of nitrogens with zero attached hydrogens (tertiary/aromatic N) is 2. The van der Waals surface area contributed by atoms with Gasteiger partial charge in [0.15, 0.2) is 0 Å². The fourth-order valence-electron chi connectivity index (χ4n) is 2.33. The second-order valence-electron chi connectivity index (χ2n) is 4.70. The molecule has 1 saturated heterocycles. The second-order valence-corrected chi connectivity index (χ2v) is 6.56. The minimum Gasteiger partial charge on any atom is -0.478 e. The first-order valence-electron chi connectivity index (χ1n) is 6.17.